The number of thioether (sulfide) groups is 1. The molecule has 0 aromatic carbocycles. The molecule has 116 valence electrons. The minimum Gasteiger partial charge on any atom is -0.396 e. The van der Waals surface area contributed by atoms with Crippen LogP contribution < -0.4 is 10.6 Å². The predicted octanol–water partition coefficient (Wildman–Crippen LogP) is 2.51. The molecule has 2 atom stereocenters. The Morgan fingerprint density at radius 3 is 2.40 bits per heavy atom. The normalized spacial score (nSPS) is 33.9. The zero-order valence-corrected chi connectivity index (χ0v) is 13.3. The van der Waals surface area contributed by atoms with Crippen LogP contribution in [0.15, 0.2) is 0 Å². The highest BCUT2D eigenvalue weighted by molar-refractivity contribution is 7.99. The second kappa shape index (κ2) is 8.13. The fourth-order valence-corrected chi connectivity index (χ4v) is 4.50. The summed E-state index contributed by atoms with van der Waals surface area (Å²) in [5.74, 6) is 1.61. The van der Waals surface area contributed by atoms with Gasteiger partial charge in [-0.3, -0.25) is 0 Å². The van der Waals surface area contributed by atoms with Crippen molar-refractivity contribution in [1.82, 2.24) is 10.6 Å². The largest absolute Gasteiger partial charge is 0.396 e. The second-order valence-electron chi connectivity index (χ2n) is 6.11. The van der Waals surface area contributed by atoms with Gasteiger partial charge in [-0.1, -0.05) is 6.92 Å². The van der Waals surface area contributed by atoms with Crippen LogP contribution in [0.2, 0.25) is 0 Å². The van der Waals surface area contributed by atoms with Gasteiger partial charge in [-0.25, -0.2) is 4.79 Å². The number of hydrogen-bond acceptors (Lipinski definition) is 3. The van der Waals surface area contributed by atoms with Crippen LogP contribution in [-0.4, -0.2) is 40.8 Å². The third-order valence-corrected chi connectivity index (χ3v) is 5.80. The number of rotatable bonds is 5. The third-order valence-electron chi connectivity index (χ3n) is 4.56. The molecule has 0 heterocycles. The maximum Gasteiger partial charge on any atom is 0.315 e. The van der Waals surface area contributed by atoms with E-state index >= 15 is 0 Å². The van der Waals surface area contributed by atoms with Crippen LogP contribution >= 0.6 is 11.8 Å². The summed E-state index contributed by atoms with van der Waals surface area (Å²) in [4.78, 5) is 12.0. The van der Waals surface area contributed by atoms with Crippen LogP contribution in [0.3, 0.4) is 0 Å². The number of aliphatic hydroxyl groups is 1. The molecular weight excluding hydrogens is 272 g/mol. The summed E-state index contributed by atoms with van der Waals surface area (Å²) in [7, 11) is 0. The maximum absolute atomic E-state index is 12.0. The van der Waals surface area contributed by atoms with Gasteiger partial charge in [0.05, 0.1) is 0 Å². The molecule has 2 aliphatic rings. The van der Waals surface area contributed by atoms with Crippen LogP contribution in [-0.2, 0) is 0 Å². The van der Waals surface area contributed by atoms with E-state index in [-0.39, 0.29) is 12.6 Å². The molecule has 0 spiro atoms. The standard InChI is InChI=1S/C15H28N2O2S/c1-2-20-14-8-7-13(9-14)17-15(19)16-12-5-3-11(10-18)4-6-12/h11-14,18H,2-10H2,1H3,(H2,16,17,19). The van der Waals surface area contributed by atoms with E-state index < -0.39 is 0 Å². The highest BCUT2D eigenvalue weighted by Gasteiger charge is 2.27. The summed E-state index contributed by atoms with van der Waals surface area (Å²) in [5, 5.41) is 16.1. The van der Waals surface area contributed by atoms with E-state index in [0.29, 0.717) is 18.0 Å². The molecule has 2 saturated carbocycles. The van der Waals surface area contributed by atoms with Crippen molar-refractivity contribution in [2.24, 2.45) is 5.92 Å². The fraction of sp³-hybridized carbons (Fsp3) is 0.933. The van der Waals surface area contributed by atoms with Gasteiger partial charge in [0.15, 0.2) is 0 Å². The Hall–Kier alpha value is -0.420. The van der Waals surface area contributed by atoms with E-state index in [1.165, 1.54) is 6.42 Å². The van der Waals surface area contributed by atoms with Gasteiger partial charge in [-0.05, 0) is 56.6 Å². The van der Waals surface area contributed by atoms with Crippen LogP contribution in [0, 0.1) is 5.92 Å². The van der Waals surface area contributed by atoms with Crippen molar-refractivity contribution < 1.29 is 9.90 Å². The lowest BCUT2D eigenvalue weighted by atomic mass is 9.87. The van der Waals surface area contributed by atoms with Crippen molar-refractivity contribution in [2.75, 3.05) is 12.4 Å². The molecule has 0 aromatic heterocycles. The van der Waals surface area contributed by atoms with Crippen molar-refractivity contribution >= 4 is 17.8 Å². The molecule has 0 aliphatic heterocycles. The summed E-state index contributed by atoms with van der Waals surface area (Å²) in [6.45, 7) is 2.48. The monoisotopic (exact) mass is 300 g/mol. The van der Waals surface area contributed by atoms with Gasteiger partial charge in [0, 0.05) is 23.9 Å². The summed E-state index contributed by atoms with van der Waals surface area (Å²) >= 11 is 2.01. The zero-order chi connectivity index (χ0) is 14.4. The molecule has 5 heteroatoms. The molecule has 2 amide bonds. The number of carbonyl (C=O) groups is 1. The van der Waals surface area contributed by atoms with E-state index in [2.05, 4.69) is 17.6 Å². The number of urea groups is 1. The van der Waals surface area contributed by atoms with Gasteiger partial charge in [-0.15, -0.1) is 0 Å². The SMILES string of the molecule is CCSC1CCC(NC(=O)NC2CCC(CO)CC2)C1. The first kappa shape index (κ1) is 16.0. The molecule has 0 saturated heterocycles. The first-order valence-corrected chi connectivity index (χ1v) is 9.05. The summed E-state index contributed by atoms with van der Waals surface area (Å²) in [5.41, 5.74) is 0. The van der Waals surface area contributed by atoms with Crippen LogP contribution in [0.5, 0.6) is 0 Å². The lowest BCUT2D eigenvalue weighted by Gasteiger charge is -2.28. The van der Waals surface area contributed by atoms with Crippen molar-refractivity contribution in [2.45, 2.75) is 69.2 Å². The molecule has 2 fully saturated rings. The first-order chi connectivity index (χ1) is 9.71. The number of aliphatic hydroxyl groups excluding tert-OH is 1. The molecule has 2 aliphatic carbocycles. The van der Waals surface area contributed by atoms with Crippen molar-refractivity contribution in [3.8, 4) is 0 Å². The Labute approximate surface area is 126 Å². The molecule has 0 radical (unpaired) electrons. The Kier molecular flexibility index (Phi) is 6.49. The van der Waals surface area contributed by atoms with E-state index in [4.69, 9.17) is 5.11 Å². The molecule has 2 unspecified atom stereocenters. The van der Waals surface area contributed by atoms with Gasteiger partial charge in [0.25, 0.3) is 0 Å². The van der Waals surface area contributed by atoms with Gasteiger partial charge in [-0.2, -0.15) is 11.8 Å². The first-order valence-electron chi connectivity index (χ1n) is 8.00. The quantitative estimate of drug-likeness (QED) is 0.731. The topological polar surface area (TPSA) is 61.4 Å². The van der Waals surface area contributed by atoms with Crippen LogP contribution in [0.4, 0.5) is 4.79 Å². The minimum atomic E-state index is 0.00426. The highest BCUT2D eigenvalue weighted by atomic mass is 32.2. The fourth-order valence-electron chi connectivity index (χ4n) is 3.36. The molecule has 20 heavy (non-hydrogen) atoms. The van der Waals surface area contributed by atoms with Gasteiger partial charge >= 0.3 is 6.03 Å². The Bertz CT molecular complexity index is 300. The van der Waals surface area contributed by atoms with E-state index in [0.717, 1.165) is 49.5 Å². The van der Waals surface area contributed by atoms with Gasteiger partial charge in [0.2, 0.25) is 0 Å². The average molecular weight is 300 g/mol. The maximum atomic E-state index is 12.0. The third kappa shape index (κ3) is 4.85. The lowest BCUT2D eigenvalue weighted by Crippen LogP contribution is -2.46. The summed E-state index contributed by atoms with van der Waals surface area (Å²) < 4.78 is 0. The van der Waals surface area contributed by atoms with E-state index in [1.54, 1.807) is 0 Å². The number of amides is 2. The van der Waals surface area contributed by atoms with Crippen molar-refractivity contribution in [3.63, 3.8) is 0 Å². The molecule has 2 rings (SSSR count). The smallest absolute Gasteiger partial charge is 0.315 e. The van der Waals surface area contributed by atoms with Crippen molar-refractivity contribution in [3.05, 3.63) is 0 Å². The Balaban J connectivity index is 1.64. The highest BCUT2D eigenvalue weighted by Crippen LogP contribution is 2.29. The number of carbonyl (C=O) groups excluding carboxylic acids is 1. The van der Waals surface area contributed by atoms with Crippen LogP contribution in [0.25, 0.3) is 0 Å². The molecule has 4 nitrogen and oxygen atoms in total. The second-order valence-corrected chi connectivity index (χ2v) is 7.68. The Morgan fingerprint density at radius 1 is 1.10 bits per heavy atom. The molecule has 0 bridgehead atoms. The van der Waals surface area contributed by atoms with Crippen LogP contribution in [0.1, 0.15) is 51.9 Å². The average Bonchev–Trinajstić information content (AvgIpc) is 2.87. The number of hydrogen-bond donors (Lipinski definition) is 3. The minimum absolute atomic E-state index is 0.00426. The van der Waals surface area contributed by atoms with Gasteiger partial charge in [0.1, 0.15) is 0 Å². The van der Waals surface area contributed by atoms with Gasteiger partial charge < -0.3 is 15.7 Å². The molecule has 3 N–H and O–H groups in total. The van der Waals surface area contributed by atoms with E-state index in [1.807, 2.05) is 11.8 Å². The summed E-state index contributed by atoms with van der Waals surface area (Å²) in [6, 6.07) is 0.650. The lowest BCUT2D eigenvalue weighted by molar-refractivity contribution is 0.174. The molecule has 0 aromatic rings. The van der Waals surface area contributed by atoms with Crippen molar-refractivity contribution in [1.29, 1.82) is 0 Å². The summed E-state index contributed by atoms with van der Waals surface area (Å²) in [6.07, 6.45) is 7.51. The Morgan fingerprint density at radius 2 is 1.75 bits per heavy atom. The molecular formula is C15H28N2O2S. The van der Waals surface area contributed by atoms with E-state index in [9.17, 15) is 4.79 Å². The number of nitrogens with one attached hydrogen (secondary N) is 2. The predicted molar refractivity (Wildman–Crippen MR) is 84.1 cm³/mol. The zero-order valence-electron chi connectivity index (χ0n) is 12.4.